The van der Waals surface area contributed by atoms with Crippen molar-refractivity contribution in [1.82, 2.24) is 4.98 Å². The van der Waals surface area contributed by atoms with Crippen molar-refractivity contribution in [2.24, 2.45) is 0 Å². The van der Waals surface area contributed by atoms with Crippen LogP contribution in [0.25, 0.3) is 0 Å². The average Bonchev–Trinajstić information content (AvgIpc) is 2.38. The number of hydrogen-bond donors (Lipinski definition) is 1. The van der Waals surface area contributed by atoms with Gasteiger partial charge in [0.25, 0.3) is 0 Å². The first-order valence-electron chi connectivity index (χ1n) is 5.37. The van der Waals surface area contributed by atoms with Gasteiger partial charge in [0.1, 0.15) is 11.6 Å². The molecule has 2 aromatic rings. The van der Waals surface area contributed by atoms with Crippen LogP contribution in [0.2, 0.25) is 0 Å². The molecule has 0 bridgehead atoms. The van der Waals surface area contributed by atoms with Crippen molar-refractivity contribution in [2.75, 3.05) is 12.4 Å². The summed E-state index contributed by atoms with van der Waals surface area (Å²) < 4.78 is 6.47. The third-order valence-electron chi connectivity index (χ3n) is 2.30. The fourth-order valence-electron chi connectivity index (χ4n) is 1.43. The molecule has 1 aromatic heterocycles. The lowest BCUT2D eigenvalue weighted by molar-refractivity contribution is -0.386. The molecule has 0 saturated heterocycles. The summed E-state index contributed by atoms with van der Waals surface area (Å²) in [7, 11) is 1.68. The molecule has 0 amide bonds. The lowest BCUT2D eigenvalue weighted by Gasteiger charge is -2.07. The Hall–Kier alpha value is -1.90. The molecular formula is C12H10IN3O3. The molecule has 0 unspecified atom stereocenters. The minimum atomic E-state index is -0.518. The van der Waals surface area contributed by atoms with E-state index in [0.29, 0.717) is 11.6 Å². The number of pyridine rings is 1. The number of rotatable bonds is 4. The molecule has 0 radical (unpaired) electrons. The number of nitrogens with zero attached hydrogens (tertiary/aromatic N) is 2. The molecule has 0 aliphatic heterocycles. The van der Waals surface area contributed by atoms with E-state index in [0.717, 1.165) is 3.57 Å². The molecule has 19 heavy (non-hydrogen) atoms. The predicted molar refractivity (Wildman–Crippen MR) is 79.7 cm³/mol. The van der Waals surface area contributed by atoms with Crippen molar-refractivity contribution >= 4 is 34.1 Å². The highest BCUT2D eigenvalue weighted by Crippen LogP contribution is 2.31. The van der Waals surface area contributed by atoms with E-state index in [4.69, 9.17) is 4.74 Å². The van der Waals surface area contributed by atoms with Gasteiger partial charge in [-0.3, -0.25) is 10.1 Å². The van der Waals surface area contributed by atoms with Crippen LogP contribution in [0.5, 0.6) is 11.6 Å². The van der Waals surface area contributed by atoms with Gasteiger partial charge in [0.05, 0.1) is 4.92 Å². The Morgan fingerprint density at radius 1 is 1.37 bits per heavy atom. The minimum absolute atomic E-state index is 0.0288. The zero-order valence-corrected chi connectivity index (χ0v) is 12.1. The molecule has 0 spiro atoms. The molecular weight excluding hydrogens is 361 g/mol. The summed E-state index contributed by atoms with van der Waals surface area (Å²) in [6.45, 7) is 0. The van der Waals surface area contributed by atoms with Crippen LogP contribution in [0.1, 0.15) is 0 Å². The third kappa shape index (κ3) is 3.31. The van der Waals surface area contributed by atoms with E-state index >= 15 is 0 Å². The topological polar surface area (TPSA) is 77.3 Å². The zero-order valence-electron chi connectivity index (χ0n) is 9.96. The summed E-state index contributed by atoms with van der Waals surface area (Å²) in [4.78, 5) is 14.5. The number of nitrogens with one attached hydrogen (secondary N) is 1. The van der Waals surface area contributed by atoms with Crippen LogP contribution in [-0.2, 0) is 0 Å². The summed E-state index contributed by atoms with van der Waals surface area (Å²) in [6, 6.07) is 10.1. The molecule has 1 heterocycles. The van der Waals surface area contributed by atoms with Crippen LogP contribution in [0, 0.1) is 13.7 Å². The summed E-state index contributed by atoms with van der Waals surface area (Å²) in [5.41, 5.74) is -0.169. The van der Waals surface area contributed by atoms with Crippen LogP contribution in [-0.4, -0.2) is 17.0 Å². The van der Waals surface area contributed by atoms with Crippen LogP contribution in [0.15, 0.2) is 36.4 Å². The van der Waals surface area contributed by atoms with Gasteiger partial charge >= 0.3 is 11.6 Å². The molecule has 2 rings (SSSR count). The first-order chi connectivity index (χ1) is 9.10. The van der Waals surface area contributed by atoms with Crippen molar-refractivity contribution in [3.63, 3.8) is 0 Å². The van der Waals surface area contributed by atoms with Crippen LogP contribution < -0.4 is 10.1 Å². The molecule has 6 nitrogen and oxygen atoms in total. The van der Waals surface area contributed by atoms with Gasteiger partial charge in [0.15, 0.2) is 0 Å². The second-order valence-corrected chi connectivity index (χ2v) is 4.83. The Morgan fingerprint density at radius 2 is 2.16 bits per heavy atom. The molecule has 1 aromatic carbocycles. The van der Waals surface area contributed by atoms with Gasteiger partial charge in [0.2, 0.25) is 0 Å². The largest absolute Gasteiger partial charge is 0.434 e. The first-order valence-corrected chi connectivity index (χ1v) is 6.44. The molecule has 0 aliphatic carbocycles. The van der Waals surface area contributed by atoms with Crippen LogP contribution in [0.3, 0.4) is 0 Å². The number of ether oxygens (including phenoxy) is 1. The average molecular weight is 371 g/mol. The lowest BCUT2D eigenvalue weighted by atomic mass is 10.3. The SMILES string of the molecule is CNc1ccc([N+](=O)[O-])c(Oc2cccc(I)c2)n1. The summed E-state index contributed by atoms with van der Waals surface area (Å²) in [5, 5.41) is 13.8. The highest BCUT2D eigenvalue weighted by atomic mass is 127. The maximum absolute atomic E-state index is 10.9. The van der Waals surface area contributed by atoms with Gasteiger partial charge < -0.3 is 10.1 Å². The Bertz CT molecular complexity index is 619. The van der Waals surface area contributed by atoms with Crippen LogP contribution >= 0.6 is 22.6 Å². The smallest absolute Gasteiger partial charge is 0.331 e. The lowest BCUT2D eigenvalue weighted by Crippen LogP contribution is -1.99. The van der Waals surface area contributed by atoms with E-state index in [1.165, 1.54) is 12.1 Å². The fraction of sp³-hybridized carbons (Fsp3) is 0.0833. The zero-order chi connectivity index (χ0) is 13.8. The predicted octanol–water partition coefficient (Wildman–Crippen LogP) is 3.43. The van der Waals surface area contributed by atoms with E-state index < -0.39 is 4.92 Å². The van der Waals surface area contributed by atoms with Crippen molar-refractivity contribution in [3.05, 3.63) is 50.1 Å². The van der Waals surface area contributed by atoms with Gasteiger partial charge in [-0.15, -0.1) is 0 Å². The second kappa shape index (κ2) is 5.83. The minimum Gasteiger partial charge on any atom is -0.434 e. The van der Waals surface area contributed by atoms with Crippen molar-refractivity contribution in [3.8, 4) is 11.6 Å². The van der Waals surface area contributed by atoms with E-state index in [9.17, 15) is 10.1 Å². The highest BCUT2D eigenvalue weighted by Gasteiger charge is 2.18. The third-order valence-corrected chi connectivity index (χ3v) is 2.97. The van der Waals surface area contributed by atoms with E-state index in [1.807, 2.05) is 12.1 Å². The molecule has 0 aliphatic rings. The van der Waals surface area contributed by atoms with E-state index in [1.54, 1.807) is 19.2 Å². The fourth-order valence-corrected chi connectivity index (χ4v) is 1.94. The van der Waals surface area contributed by atoms with Gasteiger partial charge in [-0.25, -0.2) is 0 Å². The summed E-state index contributed by atoms with van der Waals surface area (Å²) >= 11 is 2.14. The summed E-state index contributed by atoms with van der Waals surface area (Å²) in [6.07, 6.45) is 0. The van der Waals surface area contributed by atoms with Gasteiger partial charge in [0, 0.05) is 16.7 Å². The highest BCUT2D eigenvalue weighted by molar-refractivity contribution is 14.1. The first kappa shape index (κ1) is 13.5. The number of anilines is 1. The number of halogens is 1. The van der Waals surface area contributed by atoms with Crippen molar-refractivity contribution in [1.29, 1.82) is 0 Å². The monoisotopic (exact) mass is 371 g/mol. The standard InChI is InChI=1S/C12H10IN3O3/c1-14-11-6-5-10(16(17)18)12(15-11)19-9-4-2-3-8(13)7-9/h2-7H,1H3,(H,14,15). The number of aromatic nitrogens is 1. The van der Waals surface area contributed by atoms with Crippen molar-refractivity contribution < 1.29 is 9.66 Å². The number of hydrogen-bond acceptors (Lipinski definition) is 5. The maximum Gasteiger partial charge on any atom is 0.331 e. The Morgan fingerprint density at radius 3 is 2.79 bits per heavy atom. The summed E-state index contributed by atoms with van der Waals surface area (Å²) in [5.74, 6) is 0.987. The van der Waals surface area contributed by atoms with Crippen LogP contribution in [0.4, 0.5) is 11.5 Å². The van der Waals surface area contributed by atoms with Gasteiger partial charge in [-0.1, -0.05) is 6.07 Å². The molecule has 98 valence electrons. The molecule has 0 saturated carbocycles. The molecule has 1 N–H and O–H groups in total. The number of benzene rings is 1. The molecule has 0 atom stereocenters. The van der Waals surface area contributed by atoms with Gasteiger partial charge in [-0.05, 0) is 46.9 Å². The van der Waals surface area contributed by atoms with Crippen molar-refractivity contribution in [2.45, 2.75) is 0 Å². The second-order valence-electron chi connectivity index (χ2n) is 3.59. The van der Waals surface area contributed by atoms with E-state index in [2.05, 4.69) is 32.9 Å². The Balaban J connectivity index is 2.39. The number of nitro groups is 1. The normalized spacial score (nSPS) is 10.0. The maximum atomic E-state index is 10.9. The quantitative estimate of drug-likeness (QED) is 0.506. The van der Waals surface area contributed by atoms with E-state index in [-0.39, 0.29) is 11.6 Å². The molecule has 0 fully saturated rings. The Labute approximate surface area is 123 Å². The van der Waals surface area contributed by atoms with Gasteiger partial charge in [-0.2, -0.15) is 4.98 Å². The Kier molecular flexibility index (Phi) is 4.15. The molecule has 7 heteroatoms.